The first kappa shape index (κ1) is 15.0. The monoisotopic (exact) mass is 332 g/mol. The molecule has 7 heteroatoms. The van der Waals surface area contributed by atoms with Gasteiger partial charge in [-0.05, 0) is 13.0 Å². The highest BCUT2D eigenvalue weighted by Crippen LogP contribution is 2.39. The highest BCUT2D eigenvalue weighted by atomic mass is 32.1. The van der Waals surface area contributed by atoms with E-state index in [9.17, 15) is 4.79 Å². The quantitative estimate of drug-likeness (QED) is 0.854. The molecule has 23 heavy (non-hydrogen) atoms. The molecule has 0 radical (unpaired) electrons. The van der Waals surface area contributed by atoms with E-state index in [0.717, 1.165) is 53.5 Å². The molecule has 122 valence electrons. The van der Waals surface area contributed by atoms with E-state index in [2.05, 4.69) is 14.9 Å². The van der Waals surface area contributed by atoms with Gasteiger partial charge in [-0.3, -0.25) is 14.7 Å². The fourth-order valence-electron chi connectivity index (χ4n) is 3.37. The first-order valence-corrected chi connectivity index (χ1v) is 8.73. The van der Waals surface area contributed by atoms with Gasteiger partial charge in [0.15, 0.2) is 0 Å². The van der Waals surface area contributed by atoms with Crippen LogP contribution in [0.25, 0.3) is 10.3 Å². The Labute approximate surface area is 139 Å². The summed E-state index contributed by atoms with van der Waals surface area (Å²) in [6, 6.07) is 0.545. The van der Waals surface area contributed by atoms with Crippen LogP contribution in [0, 0.1) is 0 Å². The average molecular weight is 332 g/mol. The van der Waals surface area contributed by atoms with E-state index in [4.69, 9.17) is 4.74 Å². The smallest absolute Gasteiger partial charge is 0.263 e. The Morgan fingerprint density at radius 1 is 1.35 bits per heavy atom. The largest absolute Gasteiger partial charge is 0.378 e. The van der Waals surface area contributed by atoms with E-state index >= 15 is 0 Å². The number of likely N-dealkylation sites (tertiary alicyclic amines) is 1. The van der Waals surface area contributed by atoms with Gasteiger partial charge in [-0.2, -0.15) is 0 Å². The summed E-state index contributed by atoms with van der Waals surface area (Å²) in [5, 5.41) is 0. The molecule has 0 saturated carbocycles. The van der Waals surface area contributed by atoms with Crippen molar-refractivity contribution < 1.29 is 9.53 Å². The second kappa shape index (κ2) is 5.81. The summed E-state index contributed by atoms with van der Waals surface area (Å²) in [5.74, 6) is 0.398. The van der Waals surface area contributed by atoms with E-state index in [1.807, 2.05) is 0 Å². The number of rotatable bonds is 3. The van der Waals surface area contributed by atoms with Gasteiger partial charge in [0, 0.05) is 44.5 Å². The minimum Gasteiger partial charge on any atom is -0.378 e. The van der Waals surface area contributed by atoms with Crippen molar-refractivity contribution in [1.82, 2.24) is 19.8 Å². The first-order valence-electron chi connectivity index (χ1n) is 7.92. The van der Waals surface area contributed by atoms with Gasteiger partial charge in [-0.1, -0.05) is 0 Å². The summed E-state index contributed by atoms with van der Waals surface area (Å²) in [7, 11) is 3.59. The minimum absolute atomic E-state index is 0.0511. The van der Waals surface area contributed by atoms with Crippen LogP contribution in [0.4, 0.5) is 0 Å². The van der Waals surface area contributed by atoms with Crippen LogP contribution < -0.4 is 0 Å². The first-order chi connectivity index (χ1) is 11.1. The highest BCUT2D eigenvalue weighted by Gasteiger charge is 2.36. The average Bonchev–Trinajstić information content (AvgIpc) is 3.08. The minimum atomic E-state index is 0.0511. The Bertz CT molecular complexity index is 741. The summed E-state index contributed by atoms with van der Waals surface area (Å²) in [5.41, 5.74) is 2.00. The summed E-state index contributed by atoms with van der Waals surface area (Å²) >= 11 is 1.47. The SMILES string of the molecule is CN(C)C(=O)c1sc2nccnc2c1C1CCN(C2COC2)C1. The number of thiophene rings is 1. The van der Waals surface area contributed by atoms with Crippen LogP contribution in [0.3, 0.4) is 0 Å². The summed E-state index contributed by atoms with van der Waals surface area (Å²) in [6.45, 7) is 3.71. The summed E-state index contributed by atoms with van der Waals surface area (Å²) in [4.78, 5) is 27.3. The van der Waals surface area contributed by atoms with Crippen molar-refractivity contribution in [2.45, 2.75) is 18.4 Å². The van der Waals surface area contributed by atoms with Gasteiger partial charge in [0.05, 0.1) is 24.1 Å². The predicted molar refractivity (Wildman–Crippen MR) is 89.0 cm³/mol. The Morgan fingerprint density at radius 3 is 2.83 bits per heavy atom. The zero-order valence-electron chi connectivity index (χ0n) is 13.4. The molecule has 2 aromatic rings. The van der Waals surface area contributed by atoms with Crippen LogP contribution in [-0.4, -0.2) is 72.1 Å². The number of hydrogen-bond donors (Lipinski definition) is 0. The van der Waals surface area contributed by atoms with Gasteiger partial charge in [0.2, 0.25) is 0 Å². The number of hydrogen-bond acceptors (Lipinski definition) is 6. The van der Waals surface area contributed by atoms with Crippen molar-refractivity contribution in [2.24, 2.45) is 0 Å². The molecule has 0 aliphatic carbocycles. The third kappa shape index (κ3) is 2.52. The second-order valence-corrected chi connectivity index (χ2v) is 7.43. The fourth-order valence-corrected chi connectivity index (χ4v) is 4.58. The Morgan fingerprint density at radius 2 is 2.13 bits per heavy atom. The number of carbonyl (C=O) groups is 1. The molecule has 2 aliphatic rings. The van der Waals surface area contributed by atoms with Gasteiger partial charge in [0.1, 0.15) is 10.3 Å². The van der Waals surface area contributed by atoms with E-state index in [1.54, 1.807) is 31.4 Å². The normalized spacial score (nSPS) is 22.4. The van der Waals surface area contributed by atoms with Crippen LogP contribution in [0.2, 0.25) is 0 Å². The molecule has 4 rings (SSSR count). The molecule has 2 saturated heterocycles. The molecular formula is C16H20N4O2S. The fraction of sp³-hybridized carbons (Fsp3) is 0.562. The Balaban J connectivity index is 1.72. The maximum atomic E-state index is 12.6. The Kier molecular flexibility index (Phi) is 3.79. The highest BCUT2D eigenvalue weighted by molar-refractivity contribution is 7.20. The van der Waals surface area contributed by atoms with Gasteiger partial charge < -0.3 is 9.64 Å². The van der Waals surface area contributed by atoms with E-state index < -0.39 is 0 Å². The second-order valence-electron chi connectivity index (χ2n) is 6.43. The molecule has 0 spiro atoms. The zero-order chi connectivity index (χ0) is 16.0. The lowest BCUT2D eigenvalue weighted by molar-refractivity contribution is -0.0573. The molecule has 2 aromatic heterocycles. The summed E-state index contributed by atoms with van der Waals surface area (Å²) < 4.78 is 5.31. The molecule has 1 amide bonds. The molecule has 1 unspecified atom stereocenters. The maximum absolute atomic E-state index is 12.6. The third-order valence-corrected chi connectivity index (χ3v) is 5.82. The van der Waals surface area contributed by atoms with E-state index in [0.29, 0.717) is 12.0 Å². The standard InChI is InChI=1S/C16H20N4O2S/c1-19(2)16(21)14-12(13-15(23-14)18-5-4-17-13)10-3-6-20(7-10)11-8-22-9-11/h4-5,10-11H,3,6-9H2,1-2H3. The van der Waals surface area contributed by atoms with E-state index in [1.165, 1.54) is 11.3 Å². The third-order valence-electron chi connectivity index (χ3n) is 4.73. The van der Waals surface area contributed by atoms with Crippen molar-refractivity contribution in [3.8, 4) is 0 Å². The lowest BCUT2D eigenvalue weighted by Gasteiger charge is -2.34. The van der Waals surface area contributed by atoms with Gasteiger partial charge in [-0.25, -0.2) is 4.98 Å². The lowest BCUT2D eigenvalue weighted by Crippen LogP contribution is -2.47. The predicted octanol–water partition coefficient (Wildman–Crippen LogP) is 1.58. The van der Waals surface area contributed by atoms with Crippen LogP contribution in [-0.2, 0) is 4.74 Å². The van der Waals surface area contributed by atoms with Gasteiger partial charge in [-0.15, -0.1) is 11.3 Å². The number of amides is 1. The van der Waals surface area contributed by atoms with Gasteiger partial charge >= 0.3 is 0 Å². The molecule has 1 atom stereocenters. The number of ether oxygens (including phenoxy) is 1. The molecule has 2 fully saturated rings. The molecule has 0 N–H and O–H groups in total. The topological polar surface area (TPSA) is 58.6 Å². The van der Waals surface area contributed by atoms with Gasteiger partial charge in [0.25, 0.3) is 5.91 Å². The van der Waals surface area contributed by atoms with Crippen LogP contribution in [0.1, 0.15) is 27.6 Å². The van der Waals surface area contributed by atoms with Crippen LogP contribution in [0.5, 0.6) is 0 Å². The van der Waals surface area contributed by atoms with Crippen molar-refractivity contribution in [3.63, 3.8) is 0 Å². The van der Waals surface area contributed by atoms with Crippen LogP contribution >= 0.6 is 11.3 Å². The van der Waals surface area contributed by atoms with Crippen molar-refractivity contribution >= 4 is 27.6 Å². The maximum Gasteiger partial charge on any atom is 0.263 e. The number of aromatic nitrogens is 2. The molecule has 6 nitrogen and oxygen atoms in total. The van der Waals surface area contributed by atoms with Crippen molar-refractivity contribution in [2.75, 3.05) is 40.4 Å². The Hall–Kier alpha value is -1.57. The number of carbonyl (C=O) groups excluding carboxylic acids is 1. The molecule has 0 aromatic carbocycles. The molecule has 2 aliphatic heterocycles. The zero-order valence-corrected chi connectivity index (χ0v) is 14.2. The van der Waals surface area contributed by atoms with Crippen molar-refractivity contribution in [1.29, 1.82) is 0 Å². The van der Waals surface area contributed by atoms with Crippen LogP contribution in [0.15, 0.2) is 12.4 Å². The number of nitrogens with zero attached hydrogens (tertiary/aromatic N) is 4. The summed E-state index contributed by atoms with van der Waals surface area (Å²) in [6.07, 6.45) is 4.47. The molecule has 4 heterocycles. The number of fused-ring (bicyclic) bond motifs is 1. The lowest BCUT2D eigenvalue weighted by atomic mass is 9.97. The molecular weight excluding hydrogens is 312 g/mol. The van der Waals surface area contributed by atoms with E-state index in [-0.39, 0.29) is 5.91 Å². The van der Waals surface area contributed by atoms with Crippen molar-refractivity contribution in [3.05, 3.63) is 22.8 Å². The molecule has 0 bridgehead atoms.